The summed E-state index contributed by atoms with van der Waals surface area (Å²) in [6.07, 6.45) is 0.0539. The molecule has 0 aliphatic carbocycles. The van der Waals surface area contributed by atoms with Gasteiger partial charge in [0.15, 0.2) is 5.06 Å². The van der Waals surface area contributed by atoms with E-state index in [2.05, 4.69) is 21.6 Å². The Morgan fingerprint density at radius 1 is 1.34 bits per heavy atom. The number of halogens is 1. The zero-order valence-corrected chi connectivity index (χ0v) is 17.8. The number of nitrogens with one attached hydrogen (secondary N) is 2. The first-order valence-electron chi connectivity index (χ1n) is 9.24. The van der Waals surface area contributed by atoms with Crippen molar-refractivity contribution in [1.29, 1.82) is 0 Å². The highest BCUT2D eigenvalue weighted by atomic mass is 35.5. The van der Waals surface area contributed by atoms with E-state index < -0.39 is 24.1 Å². The maximum atomic E-state index is 13.0. The van der Waals surface area contributed by atoms with Gasteiger partial charge in [0.2, 0.25) is 5.91 Å². The minimum absolute atomic E-state index is 0.258. The number of aliphatic hydroxyl groups is 1. The molecule has 1 aromatic carbocycles. The Hall–Kier alpha value is -2.13. The van der Waals surface area contributed by atoms with Gasteiger partial charge in [-0.05, 0) is 43.7 Å². The molecule has 156 valence electrons. The van der Waals surface area contributed by atoms with E-state index in [4.69, 9.17) is 16.3 Å². The van der Waals surface area contributed by atoms with E-state index in [9.17, 15) is 14.7 Å². The van der Waals surface area contributed by atoms with E-state index in [1.54, 1.807) is 12.1 Å². The molecular weight excluding hydrogens is 414 g/mol. The van der Waals surface area contributed by atoms with Crippen molar-refractivity contribution in [2.45, 2.75) is 24.9 Å². The summed E-state index contributed by atoms with van der Waals surface area (Å²) in [4.78, 5) is 27.4. The molecule has 0 saturated heterocycles. The van der Waals surface area contributed by atoms with Crippen molar-refractivity contribution in [2.24, 2.45) is 0 Å². The molecule has 0 spiro atoms. The molecule has 7 nitrogen and oxygen atoms in total. The smallest absolute Gasteiger partial charge is 0.399 e. The summed E-state index contributed by atoms with van der Waals surface area (Å²) in [5.41, 5.74) is 0.675. The lowest BCUT2D eigenvalue weighted by molar-refractivity contribution is -0.129. The van der Waals surface area contributed by atoms with Crippen molar-refractivity contribution in [3.05, 3.63) is 51.9 Å². The minimum atomic E-state index is -1.54. The predicted molar refractivity (Wildman–Crippen MR) is 113 cm³/mol. The minimum Gasteiger partial charge on any atom is -0.399 e. The molecule has 2 amide bonds. The van der Waals surface area contributed by atoms with Gasteiger partial charge in [0, 0.05) is 13.1 Å². The Balaban J connectivity index is 1.72. The van der Waals surface area contributed by atoms with Crippen LogP contribution in [0, 0.1) is 0 Å². The Morgan fingerprint density at radius 2 is 2.10 bits per heavy atom. The molecule has 0 saturated carbocycles. The van der Waals surface area contributed by atoms with E-state index in [1.165, 1.54) is 12.5 Å². The van der Waals surface area contributed by atoms with Gasteiger partial charge in [-0.15, -0.1) is 0 Å². The van der Waals surface area contributed by atoms with Gasteiger partial charge in [-0.25, -0.2) is 4.79 Å². The topological polar surface area (TPSA) is 90.9 Å². The van der Waals surface area contributed by atoms with Gasteiger partial charge < -0.3 is 25.4 Å². The molecule has 0 bridgehead atoms. The Kier molecular flexibility index (Phi) is 6.79. The van der Waals surface area contributed by atoms with Crippen LogP contribution in [-0.4, -0.2) is 54.3 Å². The number of hydrogen-bond donors (Lipinski definition) is 3. The number of likely N-dealkylation sites (N-methyl/N-ethyl adjacent to an activating group) is 1. The van der Waals surface area contributed by atoms with Crippen LogP contribution >= 0.6 is 22.9 Å². The van der Waals surface area contributed by atoms with Gasteiger partial charge in [-0.2, -0.15) is 0 Å². The molecule has 29 heavy (non-hydrogen) atoms. The number of fused-ring (bicyclic) bond motifs is 1. The van der Waals surface area contributed by atoms with Gasteiger partial charge in [0.1, 0.15) is 5.54 Å². The zero-order valence-electron chi connectivity index (χ0n) is 16.3. The van der Waals surface area contributed by atoms with Crippen LogP contribution in [0.25, 0.3) is 0 Å². The summed E-state index contributed by atoms with van der Waals surface area (Å²) in [5.74, 6) is -0.490. The second kappa shape index (κ2) is 9.13. The van der Waals surface area contributed by atoms with Gasteiger partial charge in [-0.1, -0.05) is 47.2 Å². The van der Waals surface area contributed by atoms with Crippen LogP contribution in [0.3, 0.4) is 0 Å². The second-order valence-corrected chi connectivity index (χ2v) is 8.98. The molecule has 3 N–H and O–H groups in total. The molecular formula is C20H24ClN3O4S. The fraction of sp³-hybridized carbons (Fsp3) is 0.400. The molecule has 3 rings (SSSR count). The molecule has 2 atom stereocenters. The first kappa shape index (κ1) is 21.6. The number of hydrogen-bond acceptors (Lipinski definition) is 6. The fourth-order valence-corrected chi connectivity index (χ4v) is 4.09. The average molecular weight is 438 g/mol. The summed E-state index contributed by atoms with van der Waals surface area (Å²) in [6, 6.07) is 10.9. The quantitative estimate of drug-likeness (QED) is 0.668. The number of thiophene rings is 1. The second-order valence-electron chi connectivity index (χ2n) is 7.30. The predicted octanol–water partition coefficient (Wildman–Crippen LogP) is 2.59. The van der Waals surface area contributed by atoms with Gasteiger partial charge in [0.05, 0.1) is 17.0 Å². The van der Waals surface area contributed by atoms with Crippen LogP contribution in [-0.2, 0) is 11.2 Å². The Morgan fingerprint density at radius 3 is 2.79 bits per heavy atom. The van der Waals surface area contributed by atoms with Crippen LogP contribution in [0.1, 0.15) is 24.1 Å². The zero-order chi connectivity index (χ0) is 21.0. The molecule has 1 aromatic heterocycles. The van der Waals surface area contributed by atoms with Gasteiger partial charge >= 0.3 is 6.09 Å². The van der Waals surface area contributed by atoms with E-state index in [0.717, 1.165) is 29.9 Å². The maximum Gasteiger partial charge on any atom is 0.414 e. The number of carbonyl (C=O) groups excluding carboxylic acids is 2. The van der Waals surface area contributed by atoms with Crippen molar-refractivity contribution in [3.8, 4) is 5.06 Å². The monoisotopic (exact) mass is 437 g/mol. The summed E-state index contributed by atoms with van der Waals surface area (Å²) >= 11 is 6.92. The maximum absolute atomic E-state index is 13.0. The van der Waals surface area contributed by atoms with Crippen LogP contribution in [0.4, 0.5) is 4.79 Å². The molecule has 0 fully saturated rings. The first-order valence-corrected chi connectivity index (χ1v) is 10.4. The molecule has 1 aliphatic heterocycles. The van der Waals surface area contributed by atoms with E-state index >= 15 is 0 Å². The third-order valence-corrected chi connectivity index (χ3v) is 6.04. The number of rotatable bonds is 5. The third kappa shape index (κ3) is 5.27. The van der Waals surface area contributed by atoms with Crippen molar-refractivity contribution < 1.29 is 19.4 Å². The number of ether oxygens (including phenoxy) is 1. The fourth-order valence-electron chi connectivity index (χ4n) is 3.22. The number of benzene rings is 1. The normalized spacial score (nSPS) is 18.8. The van der Waals surface area contributed by atoms with Crippen LogP contribution in [0.2, 0.25) is 4.34 Å². The van der Waals surface area contributed by atoms with Gasteiger partial charge in [0.25, 0.3) is 0 Å². The molecule has 2 heterocycles. The van der Waals surface area contributed by atoms with Crippen molar-refractivity contribution in [1.82, 2.24) is 15.5 Å². The van der Waals surface area contributed by atoms with E-state index in [0.29, 0.717) is 15.9 Å². The number of aliphatic hydroxyl groups excluding tert-OH is 1. The molecule has 0 radical (unpaired) electrons. The van der Waals surface area contributed by atoms with Crippen molar-refractivity contribution in [3.63, 3.8) is 0 Å². The highest BCUT2D eigenvalue weighted by Gasteiger charge is 2.37. The van der Waals surface area contributed by atoms with E-state index in [-0.39, 0.29) is 6.04 Å². The molecule has 1 unspecified atom stereocenters. The van der Waals surface area contributed by atoms with Crippen molar-refractivity contribution >= 4 is 34.9 Å². The first-order chi connectivity index (χ1) is 13.8. The number of amides is 2. The van der Waals surface area contributed by atoms with Crippen molar-refractivity contribution in [2.75, 3.05) is 26.7 Å². The lowest BCUT2D eigenvalue weighted by Gasteiger charge is -2.30. The molecule has 2 aromatic rings. The summed E-state index contributed by atoms with van der Waals surface area (Å²) in [6.45, 7) is 2.39. The average Bonchev–Trinajstić information content (AvgIpc) is 3.02. The number of carbonyl (C=O) groups is 2. The Bertz CT molecular complexity index is 890. The number of nitrogens with zero attached hydrogens (tertiary/aromatic N) is 1. The molecule has 9 heteroatoms. The lowest BCUT2D eigenvalue weighted by Crippen LogP contribution is -2.60. The summed E-state index contributed by atoms with van der Waals surface area (Å²) in [7, 11) is 2.00. The third-order valence-electron chi connectivity index (χ3n) is 4.93. The van der Waals surface area contributed by atoms with Crippen LogP contribution in [0.15, 0.2) is 36.4 Å². The summed E-state index contributed by atoms with van der Waals surface area (Å²) < 4.78 is 5.63. The highest BCUT2D eigenvalue weighted by molar-refractivity contribution is 7.17. The largest absolute Gasteiger partial charge is 0.414 e. The Labute approximate surface area is 178 Å². The molecule has 1 aliphatic rings. The van der Waals surface area contributed by atoms with Crippen LogP contribution < -0.4 is 15.4 Å². The lowest BCUT2D eigenvalue weighted by atomic mass is 9.97. The SMILES string of the molecule is CN1CCc2ccccc2C(NC(=O)[C@@](C)(CO)NC(=O)Oc2ccc(Cl)s2)C1. The van der Waals surface area contributed by atoms with Gasteiger partial charge in [-0.3, -0.25) is 4.79 Å². The summed E-state index contributed by atoms with van der Waals surface area (Å²) in [5, 5.41) is 15.6. The van der Waals surface area contributed by atoms with Crippen LogP contribution in [0.5, 0.6) is 5.06 Å². The highest BCUT2D eigenvalue weighted by Crippen LogP contribution is 2.28. The standard InChI is InChI=1S/C20H24ClN3O4S/c1-20(12-25,23-19(27)28-17-8-7-16(21)29-17)18(26)22-15-11-24(2)10-9-13-5-3-4-6-14(13)15/h3-8,15,25H,9-12H2,1-2H3,(H,22,26)(H,23,27)/t15?,20-/m1/s1. The van der Waals surface area contributed by atoms with E-state index in [1.807, 2.05) is 25.2 Å².